The number of rotatable bonds is 6. The summed E-state index contributed by atoms with van der Waals surface area (Å²) >= 11 is 1.48. The summed E-state index contributed by atoms with van der Waals surface area (Å²) in [6, 6.07) is 9.28. The van der Waals surface area contributed by atoms with Crippen LogP contribution in [0, 0.1) is 5.82 Å². The summed E-state index contributed by atoms with van der Waals surface area (Å²) in [6.07, 6.45) is 0.864. The van der Waals surface area contributed by atoms with E-state index in [0.29, 0.717) is 13.0 Å². The molecule has 3 rings (SSSR count). The molecule has 0 bridgehead atoms. The molecule has 1 aromatic carbocycles. The van der Waals surface area contributed by atoms with Crippen LogP contribution in [-0.2, 0) is 19.1 Å². The minimum Gasteiger partial charge on any atom is -0.454 e. The molecule has 0 saturated carbocycles. The molecular weight excluding hydrogens is 345 g/mol. The van der Waals surface area contributed by atoms with E-state index in [0.717, 1.165) is 16.9 Å². The SMILES string of the molecule is O=C(COC(=O)[C@@H]1CCCO1)N[C@H](c1ccc(F)cc1)c1cccs1. The molecule has 2 atom stereocenters. The van der Waals surface area contributed by atoms with Crippen LogP contribution in [0.25, 0.3) is 0 Å². The largest absolute Gasteiger partial charge is 0.454 e. The van der Waals surface area contributed by atoms with Crippen molar-refractivity contribution in [1.82, 2.24) is 5.32 Å². The summed E-state index contributed by atoms with van der Waals surface area (Å²) in [5.41, 5.74) is 0.752. The molecule has 25 heavy (non-hydrogen) atoms. The highest BCUT2D eigenvalue weighted by Gasteiger charge is 2.26. The maximum atomic E-state index is 13.2. The highest BCUT2D eigenvalue weighted by molar-refractivity contribution is 7.10. The second kappa shape index (κ2) is 8.22. The molecule has 1 aromatic heterocycles. The fourth-order valence-corrected chi connectivity index (χ4v) is 3.43. The molecule has 0 radical (unpaired) electrons. The van der Waals surface area contributed by atoms with Gasteiger partial charge in [0, 0.05) is 11.5 Å². The van der Waals surface area contributed by atoms with Gasteiger partial charge in [0.05, 0.1) is 6.04 Å². The lowest BCUT2D eigenvalue weighted by Crippen LogP contribution is -2.34. The average Bonchev–Trinajstić information content (AvgIpc) is 3.31. The molecule has 1 fully saturated rings. The predicted molar refractivity (Wildman–Crippen MR) is 90.6 cm³/mol. The van der Waals surface area contributed by atoms with Crippen molar-refractivity contribution in [3.63, 3.8) is 0 Å². The van der Waals surface area contributed by atoms with E-state index in [1.54, 1.807) is 12.1 Å². The third kappa shape index (κ3) is 4.64. The van der Waals surface area contributed by atoms with Gasteiger partial charge in [-0.05, 0) is 42.0 Å². The quantitative estimate of drug-likeness (QED) is 0.802. The van der Waals surface area contributed by atoms with E-state index < -0.39 is 24.0 Å². The van der Waals surface area contributed by atoms with Crippen molar-refractivity contribution in [2.45, 2.75) is 25.0 Å². The van der Waals surface area contributed by atoms with E-state index in [1.165, 1.54) is 23.5 Å². The standard InChI is InChI=1S/C18H18FNO4S/c19-13-7-5-12(6-8-13)17(15-4-2-10-25-15)20-16(21)11-24-18(22)14-3-1-9-23-14/h2,4-8,10,14,17H,1,3,9,11H2,(H,20,21)/t14-,17+/m0/s1. The number of hydrogen-bond acceptors (Lipinski definition) is 5. The van der Waals surface area contributed by atoms with Gasteiger partial charge in [-0.1, -0.05) is 18.2 Å². The van der Waals surface area contributed by atoms with E-state index in [2.05, 4.69) is 5.32 Å². The first-order valence-corrected chi connectivity index (χ1v) is 8.88. The fraction of sp³-hybridized carbons (Fsp3) is 0.333. The van der Waals surface area contributed by atoms with Crippen molar-refractivity contribution in [3.8, 4) is 0 Å². The number of hydrogen-bond donors (Lipinski definition) is 1. The van der Waals surface area contributed by atoms with Gasteiger partial charge in [-0.2, -0.15) is 0 Å². The van der Waals surface area contributed by atoms with Crippen molar-refractivity contribution in [3.05, 3.63) is 58.0 Å². The number of carbonyl (C=O) groups is 2. The number of benzene rings is 1. The minimum absolute atomic E-state index is 0.342. The van der Waals surface area contributed by atoms with Crippen LogP contribution >= 0.6 is 11.3 Å². The molecule has 0 aliphatic carbocycles. The van der Waals surface area contributed by atoms with E-state index in [-0.39, 0.29) is 12.4 Å². The Morgan fingerprint density at radius 3 is 2.76 bits per heavy atom. The summed E-state index contributed by atoms with van der Waals surface area (Å²) < 4.78 is 23.4. The number of esters is 1. The smallest absolute Gasteiger partial charge is 0.335 e. The highest BCUT2D eigenvalue weighted by Crippen LogP contribution is 2.26. The molecule has 1 aliphatic rings. The summed E-state index contributed by atoms with van der Waals surface area (Å²) in [7, 11) is 0. The topological polar surface area (TPSA) is 64.6 Å². The maximum Gasteiger partial charge on any atom is 0.335 e. The molecule has 7 heteroatoms. The zero-order valence-electron chi connectivity index (χ0n) is 13.4. The van der Waals surface area contributed by atoms with Gasteiger partial charge in [-0.3, -0.25) is 4.79 Å². The molecule has 1 aliphatic heterocycles. The zero-order valence-corrected chi connectivity index (χ0v) is 14.3. The van der Waals surface area contributed by atoms with Crippen LogP contribution in [0.1, 0.15) is 29.3 Å². The van der Waals surface area contributed by atoms with Crippen LogP contribution in [-0.4, -0.2) is 31.2 Å². The summed E-state index contributed by atoms with van der Waals surface area (Å²) in [5, 5.41) is 4.73. The molecule has 2 aromatic rings. The van der Waals surface area contributed by atoms with Crippen LogP contribution < -0.4 is 5.32 Å². The van der Waals surface area contributed by atoms with Crippen molar-refractivity contribution in [2.75, 3.05) is 13.2 Å². The third-order valence-electron chi connectivity index (χ3n) is 3.87. The summed E-state index contributed by atoms with van der Waals surface area (Å²) in [4.78, 5) is 24.9. The van der Waals surface area contributed by atoms with E-state index in [4.69, 9.17) is 9.47 Å². The second-order valence-corrected chi connectivity index (χ2v) is 6.66. The van der Waals surface area contributed by atoms with Crippen LogP contribution in [0.4, 0.5) is 4.39 Å². The third-order valence-corrected chi connectivity index (χ3v) is 4.81. The highest BCUT2D eigenvalue weighted by atomic mass is 32.1. The molecule has 132 valence electrons. The first kappa shape index (κ1) is 17.6. The van der Waals surface area contributed by atoms with Crippen molar-refractivity contribution < 1.29 is 23.5 Å². The van der Waals surface area contributed by atoms with Crippen LogP contribution in [0.3, 0.4) is 0 Å². The van der Waals surface area contributed by atoms with Gasteiger partial charge in [0.15, 0.2) is 12.7 Å². The Balaban J connectivity index is 1.62. The zero-order chi connectivity index (χ0) is 17.6. The van der Waals surface area contributed by atoms with Gasteiger partial charge in [-0.15, -0.1) is 11.3 Å². The molecule has 1 saturated heterocycles. The van der Waals surface area contributed by atoms with E-state index in [9.17, 15) is 14.0 Å². The summed E-state index contributed by atoms with van der Waals surface area (Å²) in [6.45, 7) is 0.165. The molecule has 1 N–H and O–H groups in total. The lowest BCUT2D eigenvalue weighted by atomic mass is 10.1. The van der Waals surface area contributed by atoms with Gasteiger partial charge >= 0.3 is 5.97 Å². The molecule has 0 unspecified atom stereocenters. The Labute approximate surface area is 148 Å². The van der Waals surface area contributed by atoms with Crippen LogP contribution in [0.15, 0.2) is 41.8 Å². The van der Waals surface area contributed by atoms with E-state index >= 15 is 0 Å². The molecule has 5 nitrogen and oxygen atoms in total. The Hall–Kier alpha value is -2.25. The Kier molecular flexibility index (Phi) is 5.78. The summed E-state index contributed by atoms with van der Waals surface area (Å²) in [5.74, 6) is -1.28. The number of thiophene rings is 1. The van der Waals surface area contributed by atoms with Crippen molar-refractivity contribution >= 4 is 23.2 Å². The lowest BCUT2D eigenvalue weighted by molar-refractivity contribution is -0.157. The Morgan fingerprint density at radius 1 is 1.32 bits per heavy atom. The molecule has 1 amide bonds. The maximum absolute atomic E-state index is 13.2. The van der Waals surface area contributed by atoms with Crippen LogP contribution in [0.5, 0.6) is 0 Å². The second-order valence-electron chi connectivity index (χ2n) is 5.68. The number of carbonyl (C=O) groups excluding carboxylic acids is 2. The monoisotopic (exact) mass is 363 g/mol. The lowest BCUT2D eigenvalue weighted by Gasteiger charge is -2.18. The number of nitrogens with one attached hydrogen (secondary N) is 1. The molecular formula is C18H18FNO4S. The van der Waals surface area contributed by atoms with Crippen molar-refractivity contribution in [2.24, 2.45) is 0 Å². The predicted octanol–water partition coefficient (Wildman–Crippen LogP) is 2.82. The fourth-order valence-electron chi connectivity index (χ4n) is 2.63. The molecule has 0 spiro atoms. The number of amides is 1. The first-order chi connectivity index (χ1) is 12.1. The van der Waals surface area contributed by atoms with Gasteiger partial charge in [0.2, 0.25) is 0 Å². The Bertz CT molecular complexity index is 711. The van der Waals surface area contributed by atoms with Gasteiger partial charge in [-0.25, -0.2) is 9.18 Å². The van der Waals surface area contributed by atoms with Gasteiger partial charge in [0.1, 0.15) is 5.82 Å². The van der Waals surface area contributed by atoms with Gasteiger partial charge in [0.25, 0.3) is 5.91 Å². The Morgan fingerprint density at radius 2 is 2.12 bits per heavy atom. The normalized spacial score (nSPS) is 17.9. The number of ether oxygens (including phenoxy) is 2. The van der Waals surface area contributed by atoms with Crippen LogP contribution in [0.2, 0.25) is 0 Å². The van der Waals surface area contributed by atoms with Crippen molar-refractivity contribution in [1.29, 1.82) is 0 Å². The minimum atomic E-state index is -0.571. The molecule has 2 heterocycles. The van der Waals surface area contributed by atoms with E-state index in [1.807, 2.05) is 17.5 Å². The first-order valence-electron chi connectivity index (χ1n) is 8.00. The average molecular weight is 363 g/mol. The number of halogens is 1. The van der Waals surface area contributed by atoms with Gasteiger partial charge < -0.3 is 14.8 Å².